The largest absolute Gasteiger partial charge is 0.382 e. The summed E-state index contributed by atoms with van der Waals surface area (Å²) in [7, 11) is 1.61. The molecule has 0 radical (unpaired) electrons. The Morgan fingerprint density at radius 1 is 1.00 bits per heavy atom. The van der Waals surface area contributed by atoms with Gasteiger partial charge >= 0.3 is 0 Å². The van der Waals surface area contributed by atoms with Crippen molar-refractivity contribution in [2.24, 2.45) is 0 Å². The molecule has 1 aromatic rings. The van der Waals surface area contributed by atoms with Crippen LogP contribution in [-0.4, -0.2) is 46.7 Å². The SMILES string of the molecule is COCCOCCOCCNc1cc(Br)c(F)cc1F. The zero-order valence-electron chi connectivity index (χ0n) is 11.3. The summed E-state index contributed by atoms with van der Waals surface area (Å²) >= 11 is 3.00. The first-order valence-electron chi connectivity index (χ1n) is 6.18. The molecule has 4 nitrogen and oxygen atoms in total. The van der Waals surface area contributed by atoms with Gasteiger partial charge in [0.25, 0.3) is 0 Å². The number of hydrogen-bond acceptors (Lipinski definition) is 4. The van der Waals surface area contributed by atoms with Crippen molar-refractivity contribution in [2.75, 3.05) is 52.0 Å². The maximum Gasteiger partial charge on any atom is 0.149 e. The van der Waals surface area contributed by atoms with E-state index in [0.29, 0.717) is 39.6 Å². The van der Waals surface area contributed by atoms with Gasteiger partial charge in [-0.1, -0.05) is 0 Å². The molecule has 0 spiro atoms. The van der Waals surface area contributed by atoms with E-state index < -0.39 is 11.6 Å². The highest BCUT2D eigenvalue weighted by Crippen LogP contribution is 2.23. The van der Waals surface area contributed by atoms with Gasteiger partial charge < -0.3 is 19.5 Å². The third-order valence-electron chi connectivity index (χ3n) is 2.38. The molecule has 114 valence electrons. The van der Waals surface area contributed by atoms with E-state index in [0.717, 1.165) is 6.07 Å². The van der Waals surface area contributed by atoms with Gasteiger partial charge in [-0.3, -0.25) is 0 Å². The molecule has 1 N–H and O–H groups in total. The molecule has 0 bridgehead atoms. The highest BCUT2D eigenvalue weighted by Gasteiger charge is 2.07. The van der Waals surface area contributed by atoms with Gasteiger partial charge in [-0.15, -0.1) is 0 Å². The summed E-state index contributed by atoms with van der Waals surface area (Å²) in [6, 6.07) is 2.19. The quantitative estimate of drug-likeness (QED) is 0.518. The molecule has 20 heavy (non-hydrogen) atoms. The number of halogens is 3. The van der Waals surface area contributed by atoms with Crippen molar-refractivity contribution in [1.82, 2.24) is 0 Å². The number of benzene rings is 1. The van der Waals surface area contributed by atoms with Gasteiger partial charge in [-0.05, 0) is 22.0 Å². The molecule has 0 saturated heterocycles. The van der Waals surface area contributed by atoms with Crippen LogP contribution in [0.2, 0.25) is 0 Å². The van der Waals surface area contributed by atoms with E-state index in [1.165, 1.54) is 6.07 Å². The number of hydrogen-bond donors (Lipinski definition) is 1. The summed E-state index contributed by atoms with van der Waals surface area (Å²) < 4.78 is 41.9. The Morgan fingerprint density at radius 2 is 1.65 bits per heavy atom. The predicted octanol–water partition coefficient (Wildman–Crippen LogP) is 2.82. The van der Waals surface area contributed by atoms with Gasteiger partial charge in [-0.2, -0.15) is 0 Å². The summed E-state index contributed by atoms with van der Waals surface area (Å²) in [6.07, 6.45) is 0. The third-order valence-corrected chi connectivity index (χ3v) is 2.98. The minimum Gasteiger partial charge on any atom is -0.382 e. The zero-order chi connectivity index (χ0) is 14.8. The summed E-state index contributed by atoms with van der Waals surface area (Å²) in [6.45, 7) is 2.86. The Hall–Kier alpha value is -0.760. The number of anilines is 1. The Bertz CT molecular complexity index is 407. The fraction of sp³-hybridized carbons (Fsp3) is 0.538. The lowest BCUT2D eigenvalue weighted by Gasteiger charge is -2.09. The van der Waals surface area contributed by atoms with E-state index >= 15 is 0 Å². The molecule has 0 unspecified atom stereocenters. The van der Waals surface area contributed by atoms with Gasteiger partial charge in [-0.25, -0.2) is 8.78 Å². The van der Waals surface area contributed by atoms with Crippen LogP contribution in [-0.2, 0) is 14.2 Å². The average molecular weight is 354 g/mol. The molecule has 0 atom stereocenters. The van der Waals surface area contributed by atoms with Crippen LogP contribution < -0.4 is 5.32 Å². The number of methoxy groups -OCH3 is 1. The highest BCUT2D eigenvalue weighted by molar-refractivity contribution is 9.10. The Morgan fingerprint density at radius 3 is 2.35 bits per heavy atom. The minimum absolute atomic E-state index is 0.217. The van der Waals surface area contributed by atoms with Crippen molar-refractivity contribution in [3.63, 3.8) is 0 Å². The summed E-state index contributed by atoms with van der Waals surface area (Å²) in [5.41, 5.74) is 0.234. The molecule has 0 amide bonds. The van der Waals surface area contributed by atoms with E-state index in [1.807, 2.05) is 0 Å². The van der Waals surface area contributed by atoms with Crippen LogP contribution in [0.25, 0.3) is 0 Å². The Labute approximate surface area is 125 Å². The van der Waals surface area contributed by atoms with Crippen molar-refractivity contribution in [2.45, 2.75) is 0 Å². The molecular formula is C13H18BrF2NO3. The normalized spacial score (nSPS) is 10.8. The lowest BCUT2D eigenvalue weighted by molar-refractivity contribution is 0.0272. The van der Waals surface area contributed by atoms with Gasteiger partial charge in [0, 0.05) is 19.7 Å². The van der Waals surface area contributed by atoms with Crippen LogP contribution in [0.1, 0.15) is 0 Å². The van der Waals surface area contributed by atoms with Gasteiger partial charge in [0.2, 0.25) is 0 Å². The van der Waals surface area contributed by atoms with E-state index in [4.69, 9.17) is 14.2 Å². The topological polar surface area (TPSA) is 39.7 Å². The second kappa shape index (κ2) is 10.0. The fourth-order valence-electron chi connectivity index (χ4n) is 1.38. The molecule has 0 saturated carbocycles. The van der Waals surface area contributed by atoms with Gasteiger partial charge in [0.1, 0.15) is 11.6 Å². The van der Waals surface area contributed by atoms with Crippen molar-refractivity contribution < 1.29 is 23.0 Å². The summed E-state index contributed by atoms with van der Waals surface area (Å²) in [5, 5.41) is 2.83. The average Bonchev–Trinajstić information content (AvgIpc) is 2.42. The van der Waals surface area contributed by atoms with Crippen LogP contribution >= 0.6 is 15.9 Å². The molecule has 0 aliphatic rings. The third kappa shape index (κ3) is 6.60. The molecule has 0 aliphatic carbocycles. The number of nitrogens with one attached hydrogen (secondary N) is 1. The second-order valence-corrected chi connectivity index (χ2v) is 4.74. The predicted molar refractivity (Wildman–Crippen MR) is 76.1 cm³/mol. The standard InChI is InChI=1S/C13H18BrF2NO3/c1-18-4-5-20-7-6-19-3-2-17-13-8-10(14)11(15)9-12(13)16/h8-9,17H,2-7H2,1H3. The van der Waals surface area contributed by atoms with Crippen molar-refractivity contribution >= 4 is 21.6 Å². The molecule has 7 heteroatoms. The summed E-state index contributed by atoms with van der Waals surface area (Å²) in [5.74, 6) is -1.26. The fourth-order valence-corrected chi connectivity index (χ4v) is 1.72. The van der Waals surface area contributed by atoms with Crippen LogP contribution in [0.5, 0.6) is 0 Å². The molecule has 0 heterocycles. The van der Waals surface area contributed by atoms with E-state index in [9.17, 15) is 8.78 Å². The van der Waals surface area contributed by atoms with Crippen LogP contribution in [0.4, 0.5) is 14.5 Å². The van der Waals surface area contributed by atoms with Crippen molar-refractivity contribution in [1.29, 1.82) is 0 Å². The first kappa shape index (κ1) is 17.3. The first-order chi connectivity index (χ1) is 9.65. The minimum atomic E-state index is -0.631. The Balaban J connectivity index is 2.11. The van der Waals surface area contributed by atoms with E-state index in [2.05, 4.69) is 21.2 Å². The lowest BCUT2D eigenvalue weighted by atomic mass is 10.3. The van der Waals surface area contributed by atoms with Gasteiger partial charge in [0.15, 0.2) is 0 Å². The highest BCUT2D eigenvalue weighted by atomic mass is 79.9. The smallest absolute Gasteiger partial charge is 0.149 e. The molecule has 0 fully saturated rings. The summed E-state index contributed by atoms with van der Waals surface area (Å²) in [4.78, 5) is 0. The van der Waals surface area contributed by atoms with Crippen LogP contribution in [0, 0.1) is 11.6 Å². The monoisotopic (exact) mass is 353 g/mol. The van der Waals surface area contributed by atoms with Crippen molar-refractivity contribution in [3.8, 4) is 0 Å². The molecule has 1 rings (SSSR count). The second-order valence-electron chi connectivity index (χ2n) is 3.89. The van der Waals surface area contributed by atoms with Gasteiger partial charge in [0.05, 0.1) is 43.2 Å². The van der Waals surface area contributed by atoms with Crippen molar-refractivity contribution in [3.05, 3.63) is 28.2 Å². The zero-order valence-corrected chi connectivity index (χ0v) is 12.8. The van der Waals surface area contributed by atoms with Crippen LogP contribution in [0.15, 0.2) is 16.6 Å². The molecule has 0 aromatic heterocycles. The maximum atomic E-state index is 13.4. The lowest BCUT2D eigenvalue weighted by Crippen LogP contribution is -2.14. The Kier molecular flexibility index (Phi) is 8.68. The first-order valence-corrected chi connectivity index (χ1v) is 6.97. The number of rotatable bonds is 10. The van der Waals surface area contributed by atoms with Crippen LogP contribution in [0.3, 0.4) is 0 Å². The molecule has 1 aromatic carbocycles. The molecular weight excluding hydrogens is 336 g/mol. The van der Waals surface area contributed by atoms with E-state index in [1.54, 1.807) is 7.11 Å². The van der Waals surface area contributed by atoms with E-state index in [-0.39, 0.29) is 10.2 Å². The maximum absolute atomic E-state index is 13.4. The molecule has 0 aliphatic heterocycles. The number of ether oxygens (including phenoxy) is 3.